The van der Waals surface area contributed by atoms with Gasteiger partial charge in [0, 0.05) is 18.3 Å². The first-order valence-corrected chi connectivity index (χ1v) is 10.7. The van der Waals surface area contributed by atoms with Crippen LogP contribution in [0.25, 0.3) is 11.4 Å². The van der Waals surface area contributed by atoms with Crippen LogP contribution >= 0.6 is 11.8 Å². The molecule has 0 saturated carbocycles. The highest BCUT2D eigenvalue weighted by Crippen LogP contribution is 2.20. The van der Waals surface area contributed by atoms with Gasteiger partial charge in [0.25, 0.3) is 0 Å². The Hall–Kier alpha value is -3.13. The van der Waals surface area contributed by atoms with Gasteiger partial charge in [-0.2, -0.15) is 0 Å². The summed E-state index contributed by atoms with van der Waals surface area (Å²) < 4.78 is 0. The topological polar surface area (TPSA) is 91.0 Å². The van der Waals surface area contributed by atoms with Crippen molar-refractivity contribution in [3.05, 3.63) is 59.7 Å². The fraction of sp³-hybridized carbons (Fsp3) is 0.273. The monoisotopic (exact) mass is 423 g/mol. The first-order valence-electron chi connectivity index (χ1n) is 9.70. The number of amides is 2. The maximum Gasteiger partial charge on any atom is 0.243 e. The molecule has 1 aromatic heterocycles. The molecule has 156 valence electrons. The molecular formula is C22H25N5O2S. The molecule has 0 atom stereocenters. The van der Waals surface area contributed by atoms with Crippen LogP contribution in [0.5, 0.6) is 0 Å². The second-order valence-electron chi connectivity index (χ2n) is 6.93. The number of benzene rings is 2. The number of aromatic amines is 1. The van der Waals surface area contributed by atoms with Crippen molar-refractivity contribution in [1.82, 2.24) is 20.1 Å². The van der Waals surface area contributed by atoms with E-state index in [1.807, 2.05) is 62.4 Å². The normalized spacial score (nSPS) is 10.6. The Balaban J connectivity index is 1.50. The Morgan fingerprint density at radius 2 is 1.87 bits per heavy atom. The first-order chi connectivity index (χ1) is 14.5. The van der Waals surface area contributed by atoms with Gasteiger partial charge in [0.15, 0.2) is 5.82 Å². The van der Waals surface area contributed by atoms with Crippen molar-refractivity contribution in [3.63, 3.8) is 0 Å². The van der Waals surface area contributed by atoms with E-state index in [-0.39, 0.29) is 24.1 Å². The molecule has 0 aliphatic carbocycles. The average molecular weight is 424 g/mol. The van der Waals surface area contributed by atoms with Gasteiger partial charge in [0.05, 0.1) is 12.3 Å². The Bertz CT molecular complexity index is 1020. The Kier molecular flexibility index (Phi) is 7.24. The van der Waals surface area contributed by atoms with Gasteiger partial charge in [-0.3, -0.25) is 14.7 Å². The van der Waals surface area contributed by atoms with Gasteiger partial charge < -0.3 is 10.2 Å². The lowest BCUT2D eigenvalue weighted by atomic mass is 10.1. The van der Waals surface area contributed by atoms with Crippen LogP contribution in [0.15, 0.2) is 53.7 Å². The van der Waals surface area contributed by atoms with Gasteiger partial charge in [-0.1, -0.05) is 66.7 Å². The van der Waals surface area contributed by atoms with Crippen LogP contribution in [0.3, 0.4) is 0 Å². The van der Waals surface area contributed by atoms with Crippen LogP contribution < -0.4 is 5.32 Å². The van der Waals surface area contributed by atoms with E-state index in [9.17, 15) is 9.59 Å². The van der Waals surface area contributed by atoms with E-state index in [4.69, 9.17) is 0 Å². The molecule has 1 heterocycles. The number of nitrogens with one attached hydrogen (secondary N) is 2. The number of nitrogens with zero attached hydrogens (tertiary/aromatic N) is 3. The number of H-pyrrole nitrogens is 1. The fourth-order valence-electron chi connectivity index (χ4n) is 2.83. The molecular weight excluding hydrogens is 398 g/mol. The Morgan fingerprint density at radius 3 is 2.60 bits per heavy atom. The number of carbonyl (C=O) groups excluding carboxylic acids is 2. The molecule has 0 aliphatic heterocycles. The first kappa shape index (κ1) is 21.6. The molecule has 8 heteroatoms. The summed E-state index contributed by atoms with van der Waals surface area (Å²) in [5.41, 5.74) is 3.95. The highest BCUT2D eigenvalue weighted by atomic mass is 32.2. The Morgan fingerprint density at radius 1 is 1.13 bits per heavy atom. The lowest BCUT2D eigenvalue weighted by molar-refractivity contribution is -0.131. The summed E-state index contributed by atoms with van der Waals surface area (Å²) in [6.45, 7) is 4.04. The number of aromatic nitrogens is 3. The smallest absolute Gasteiger partial charge is 0.243 e. The lowest BCUT2D eigenvalue weighted by Crippen LogP contribution is -2.36. The number of hydrogen-bond donors (Lipinski definition) is 2. The van der Waals surface area contributed by atoms with Crippen LogP contribution in [0.4, 0.5) is 5.69 Å². The standard InChI is InChI=1S/C22H25N5O2S/c1-4-16-7-5-6-8-18(16)23-19(28)13-27(3)20(29)14-30-22-24-21(25-26-22)17-11-9-15(2)10-12-17/h5-12H,4,13-14H2,1-3H3,(H,23,28)(H,24,25,26). The van der Waals surface area contributed by atoms with Crippen LogP contribution in [-0.4, -0.2) is 51.2 Å². The van der Waals surface area contributed by atoms with E-state index in [0.29, 0.717) is 11.0 Å². The fourth-order valence-corrected chi connectivity index (χ4v) is 3.57. The molecule has 0 bridgehead atoms. The zero-order valence-electron chi connectivity index (χ0n) is 17.3. The average Bonchev–Trinajstić information content (AvgIpc) is 3.21. The van der Waals surface area contributed by atoms with Gasteiger partial charge in [-0.25, -0.2) is 4.98 Å². The molecule has 30 heavy (non-hydrogen) atoms. The second kappa shape index (κ2) is 10.1. The summed E-state index contributed by atoms with van der Waals surface area (Å²) in [6.07, 6.45) is 0.823. The van der Waals surface area contributed by atoms with Crippen molar-refractivity contribution in [1.29, 1.82) is 0 Å². The number of aryl methyl sites for hydroxylation is 2. The van der Waals surface area contributed by atoms with E-state index >= 15 is 0 Å². The summed E-state index contributed by atoms with van der Waals surface area (Å²) in [7, 11) is 1.61. The number of rotatable bonds is 8. The molecule has 7 nitrogen and oxygen atoms in total. The van der Waals surface area contributed by atoms with Gasteiger partial charge in [-0.05, 0) is 25.0 Å². The van der Waals surface area contributed by atoms with Crippen LogP contribution in [0.2, 0.25) is 0 Å². The number of thioether (sulfide) groups is 1. The van der Waals surface area contributed by atoms with E-state index in [2.05, 4.69) is 20.5 Å². The number of carbonyl (C=O) groups is 2. The zero-order valence-corrected chi connectivity index (χ0v) is 18.1. The van der Waals surface area contributed by atoms with Crippen molar-refractivity contribution in [3.8, 4) is 11.4 Å². The summed E-state index contributed by atoms with van der Waals surface area (Å²) in [5, 5.41) is 10.4. The molecule has 0 radical (unpaired) electrons. The number of hydrogen-bond acceptors (Lipinski definition) is 5. The number of anilines is 1. The van der Waals surface area contributed by atoms with Gasteiger partial charge in [0.1, 0.15) is 0 Å². The van der Waals surface area contributed by atoms with Gasteiger partial charge >= 0.3 is 0 Å². The highest BCUT2D eigenvalue weighted by molar-refractivity contribution is 7.99. The van der Waals surface area contributed by atoms with Crippen molar-refractivity contribution in [2.24, 2.45) is 0 Å². The lowest BCUT2D eigenvalue weighted by Gasteiger charge is -2.17. The SMILES string of the molecule is CCc1ccccc1NC(=O)CN(C)C(=O)CSc1n[nH]c(-c2ccc(C)cc2)n1. The van der Waals surface area contributed by atoms with E-state index in [0.717, 1.165) is 23.2 Å². The van der Waals surface area contributed by atoms with Crippen LogP contribution in [-0.2, 0) is 16.0 Å². The minimum Gasteiger partial charge on any atom is -0.336 e. The third-order valence-electron chi connectivity index (χ3n) is 4.59. The van der Waals surface area contributed by atoms with Gasteiger partial charge in [-0.15, -0.1) is 5.10 Å². The minimum absolute atomic E-state index is 0.0138. The molecule has 0 spiro atoms. The predicted octanol–water partition coefficient (Wildman–Crippen LogP) is 3.53. The van der Waals surface area contributed by atoms with Crippen LogP contribution in [0, 0.1) is 6.92 Å². The zero-order chi connectivity index (χ0) is 21.5. The summed E-state index contributed by atoms with van der Waals surface area (Å²) in [4.78, 5) is 30.5. The minimum atomic E-state index is -0.226. The molecule has 3 aromatic rings. The molecule has 2 N–H and O–H groups in total. The maximum atomic E-state index is 12.4. The van der Waals surface area contributed by atoms with Crippen molar-refractivity contribution < 1.29 is 9.59 Å². The van der Waals surface area contributed by atoms with Crippen molar-refractivity contribution >= 4 is 29.3 Å². The largest absolute Gasteiger partial charge is 0.336 e. The quantitative estimate of drug-likeness (QED) is 0.541. The molecule has 2 amide bonds. The molecule has 0 aliphatic rings. The Labute approximate surface area is 180 Å². The predicted molar refractivity (Wildman–Crippen MR) is 119 cm³/mol. The van der Waals surface area contributed by atoms with Crippen molar-refractivity contribution in [2.75, 3.05) is 24.7 Å². The summed E-state index contributed by atoms with van der Waals surface area (Å²) >= 11 is 1.24. The van der Waals surface area contributed by atoms with E-state index in [1.165, 1.54) is 22.2 Å². The summed E-state index contributed by atoms with van der Waals surface area (Å²) in [6, 6.07) is 15.6. The van der Waals surface area contributed by atoms with E-state index < -0.39 is 0 Å². The highest BCUT2D eigenvalue weighted by Gasteiger charge is 2.16. The molecule has 3 rings (SSSR count). The third kappa shape index (κ3) is 5.70. The molecule has 0 unspecified atom stereocenters. The molecule has 2 aromatic carbocycles. The van der Waals surface area contributed by atoms with Crippen molar-refractivity contribution in [2.45, 2.75) is 25.4 Å². The van der Waals surface area contributed by atoms with E-state index in [1.54, 1.807) is 7.05 Å². The molecule has 0 fully saturated rings. The number of likely N-dealkylation sites (N-methyl/N-ethyl adjacent to an activating group) is 1. The number of para-hydroxylation sites is 1. The van der Waals surface area contributed by atoms with Gasteiger partial charge in [0.2, 0.25) is 17.0 Å². The summed E-state index contributed by atoms with van der Waals surface area (Å²) in [5.74, 6) is 0.421. The second-order valence-corrected chi connectivity index (χ2v) is 7.87. The third-order valence-corrected chi connectivity index (χ3v) is 5.43. The van der Waals surface area contributed by atoms with Crippen LogP contribution in [0.1, 0.15) is 18.1 Å². The molecule has 0 saturated heterocycles. The maximum absolute atomic E-state index is 12.4.